The fourth-order valence-electron chi connectivity index (χ4n) is 1.88. The summed E-state index contributed by atoms with van der Waals surface area (Å²) in [6, 6.07) is 14.6. The summed E-state index contributed by atoms with van der Waals surface area (Å²) in [5.41, 5.74) is 0.869. The van der Waals surface area contributed by atoms with Gasteiger partial charge < -0.3 is 10.1 Å². The predicted molar refractivity (Wildman–Crippen MR) is 94.3 cm³/mol. The van der Waals surface area contributed by atoms with Crippen molar-refractivity contribution < 1.29 is 9.53 Å². The number of thioether (sulfide) groups is 1. The van der Waals surface area contributed by atoms with Crippen LogP contribution in [0.15, 0.2) is 53.4 Å². The van der Waals surface area contributed by atoms with Crippen molar-refractivity contribution in [2.45, 2.75) is 0 Å². The maximum Gasteiger partial charge on any atom is 0.263 e. The summed E-state index contributed by atoms with van der Waals surface area (Å²) in [6.07, 6.45) is 1.79. The minimum atomic E-state index is -0.168. The van der Waals surface area contributed by atoms with Crippen molar-refractivity contribution in [3.05, 3.63) is 64.0 Å². The Morgan fingerprint density at radius 1 is 1.14 bits per heavy atom. The lowest BCUT2D eigenvalue weighted by Gasteiger charge is -2.06. The Labute approximate surface area is 142 Å². The third-order valence-electron chi connectivity index (χ3n) is 2.85. The SMILES string of the molecule is O=C1NC(=S)SC1=Cc1cccc(Oc2ccc(Cl)cc2)c1. The highest BCUT2D eigenvalue weighted by molar-refractivity contribution is 8.26. The van der Waals surface area contributed by atoms with E-state index in [9.17, 15) is 4.79 Å². The van der Waals surface area contributed by atoms with Gasteiger partial charge in [0, 0.05) is 5.02 Å². The maximum atomic E-state index is 11.7. The number of hydrogen-bond donors (Lipinski definition) is 1. The molecule has 1 aliphatic heterocycles. The maximum absolute atomic E-state index is 11.7. The van der Waals surface area contributed by atoms with E-state index in [1.807, 2.05) is 24.3 Å². The molecule has 1 amide bonds. The van der Waals surface area contributed by atoms with Gasteiger partial charge in [0.25, 0.3) is 5.91 Å². The van der Waals surface area contributed by atoms with E-state index < -0.39 is 0 Å². The molecule has 1 fully saturated rings. The van der Waals surface area contributed by atoms with E-state index in [4.69, 9.17) is 28.6 Å². The van der Waals surface area contributed by atoms with Crippen molar-refractivity contribution in [2.75, 3.05) is 0 Å². The van der Waals surface area contributed by atoms with Crippen LogP contribution in [0.4, 0.5) is 0 Å². The van der Waals surface area contributed by atoms with Gasteiger partial charge in [-0.25, -0.2) is 0 Å². The molecule has 3 rings (SSSR count). The number of carbonyl (C=O) groups excluding carboxylic acids is 1. The molecule has 1 N–H and O–H groups in total. The average molecular weight is 348 g/mol. The largest absolute Gasteiger partial charge is 0.457 e. The third kappa shape index (κ3) is 3.68. The van der Waals surface area contributed by atoms with Gasteiger partial charge in [0.2, 0.25) is 0 Å². The van der Waals surface area contributed by atoms with E-state index in [0.29, 0.717) is 25.7 Å². The number of rotatable bonds is 3. The first-order valence-electron chi connectivity index (χ1n) is 6.38. The van der Waals surface area contributed by atoms with Crippen molar-refractivity contribution in [1.82, 2.24) is 5.32 Å². The number of halogens is 1. The summed E-state index contributed by atoms with van der Waals surface area (Å²) in [5.74, 6) is 1.21. The van der Waals surface area contributed by atoms with Crippen LogP contribution < -0.4 is 10.1 Å². The Hall–Kier alpha value is -1.82. The van der Waals surface area contributed by atoms with Gasteiger partial charge in [0.15, 0.2) is 0 Å². The van der Waals surface area contributed by atoms with Gasteiger partial charge in [-0.1, -0.05) is 47.7 Å². The van der Waals surface area contributed by atoms with Crippen LogP contribution in [-0.4, -0.2) is 10.2 Å². The fraction of sp³-hybridized carbons (Fsp3) is 0. The summed E-state index contributed by atoms with van der Waals surface area (Å²) < 4.78 is 6.24. The van der Waals surface area contributed by atoms with Crippen molar-refractivity contribution >= 4 is 51.9 Å². The molecular formula is C16H10ClNO2S2. The molecular weight excluding hydrogens is 338 g/mol. The Kier molecular flexibility index (Phi) is 4.47. The van der Waals surface area contributed by atoms with Crippen molar-refractivity contribution in [2.24, 2.45) is 0 Å². The molecule has 0 aliphatic carbocycles. The molecule has 22 heavy (non-hydrogen) atoms. The molecule has 0 aromatic heterocycles. The number of nitrogens with one attached hydrogen (secondary N) is 1. The van der Waals surface area contributed by atoms with Crippen LogP contribution in [0.3, 0.4) is 0 Å². The minimum Gasteiger partial charge on any atom is -0.457 e. The highest BCUT2D eigenvalue weighted by atomic mass is 35.5. The summed E-state index contributed by atoms with van der Waals surface area (Å²) in [6.45, 7) is 0. The monoisotopic (exact) mass is 347 g/mol. The van der Waals surface area contributed by atoms with Gasteiger partial charge in [0.05, 0.1) is 4.91 Å². The Morgan fingerprint density at radius 3 is 2.59 bits per heavy atom. The number of hydrogen-bond acceptors (Lipinski definition) is 4. The third-order valence-corrected chi connectivity index (χ3v) is 4.26. The standard InChI is InChI=1S/C16H10ClNO2S2/c17-11-4-6-12(7-5-11)20-13-3-1-2-10(8-13)9-14-15(19)18-16(21)22-14/h1-9H,(H,18,19,21). The Balaban J connectivity index is 1.81. The second-order valence-electron chi connectivity index (χ2n) is 4.48. The smallest absolute Gasteiger partial charge is 0.263 e. The zero-order chi connectivity index (χ0) is 15.5. The summed E-state index contributed by atoms with van der Waals surface area (Å²) in [5, 5.41) is 3.25. The van der Waals surface area contributed by atoms with E-state index >= 15 is 0 Å². The van der Waals surface area contributed by atoms with Gasteiger partial charge in [-0.15, -0.1) is 0 Å². The van der Waals surface area contributed by atoms with Gasteiger partial charge >= 0.3 is 0 Å². The number of amides is 1. The number of thiocarbonyl (C=S) groups is 1. The topological polar surface area (TPSA) is 38.3 Å². The molecule has 0 spiro atoms. The van der Waals surface area contributed by atoms with Crippen LogP contribution in [0.5, 0.6) is 11.5 Å². The van der Waals surface area contributed by atoms with E-state index in [1.54, 1.807) is 30.3 Å². The van der Waals surface area contributed by atoms with Crippen LogP contribution in [-0.2, 0) is 4.79 Å². The van der Waals surface area contributed by atoms with E-state index in [2.05, 4.69) is 5.32 Å². The second-order valence-corrected chi connectivity index (χ2v) is 6.64. The van der Waals surface area contributed by atoms with E-state index in [-0.39, 0.29) is 5.91 Å². The van der Waals surface area contributed by atoms with E-state index in [1.165, 1.54) is 11.8 Å². The molecule has 3 nitrogen and oxygen atoms in total. The first-order valence-corrected chi connectivity index (χ1v) is 7.99. The molecule has 6 heteroatoms. The highest BCUT2D eigenvalue weighted by Gasteiger charge is 2.21. The van der Waals surface area contributed by atoms with Gasteiger partial charge in [-0.05, 0) is 48.0 Å². The van der Waals surface area contributed by atoms with Gasteiger partial charge in [-0.3, -0.25) is 4.79 Å². The first-order chi connectivity index (χ1) is 10.6. The Bertz CT molecular complexity index is 772. The van der Waals surface area contributed by atoms with Crippen molar-refractivity contribution in [3.8, 4) is 11.5 Å². The fourth-order valence-corrected chi connectivity index (χ4v) is 3.05. The molecule has 2 aromatic rings. The quantitative estimate of drug-likeness (QED) is 0.649. The lowest BCUT2D eigenvalue weighted by atomic mass is 10.2. The molecule has 1 aliphatic rings. The van der Waals surface area contributed by atoms with Crippen LogP contribution >= 0.6 is 35.6 Å². The average Bonchev–Trinajstić information content (AvgIpc) is 2.80. The molecule has 0 bridgehead atoms. The van der Waals surface area contributed by atoms with Crippen LogP contribution in [0.25, 0.3) is 6.08 Å². The summed E-state index contributed by atoms with van der Waals surface area (Å²) >= 11 is 12.1. The molecule has 0 unspecified atom stereocenters. The molecule has 1 heterocycles. The first kappa shape index (κ1) is 15.1. The Morgan fingerprint density at radius 2 is 1.91 bits per heavy atom. The van der Waals surface area contributed by atoms with Crippen molar-refractivity contribution in [3.63, 3.8) is 0 Å². The van der Waals surface area contributed by atoms with Crippen molar-refractivity contribution in [1.29, 1.82) is 0 Å². The van der Waals surface area contributed by atoms with Gasteiger partial charge in [-0.2, -0.15) is 0 Å². The molecule has 0 atom stereocenters. The van der Waals surface area contributed by atoms with E-state index in [0.717, 1.165) is 5.56 Å². The lowest BCUT2D eigenvalue weighted by molar-refractivity contribution is -0.115. The zero-order valence-corrected chi connectivity index (χ0v) is 13.6. The minimum absolute atomic E-state index is 0.168. The second kappa shape index (κ2) is 6.52. The lowest BCUT2D eigenvalue weighted by Crippen LogP contribution is -2.17. The number of benzene rings is 2. The summed E-state index contributed by atoms with van der Waals surface area (Å²) in [7, 11) is 0. The highest BCUT2D eigenvalue weighted by Crippen LogP contribution is 2.28. The van der Waals surface area contributed by atoms with Crippen LogP contribution in [0.1, 0.15) is 5.56 Å². The summed E-state index contributed by atoms with van der Waals surface area (Å²) in [4.78, 5) is 12.2. The molecule has 110 valence electrons. The normalized spacial score (nSPS) is 16.0. The molecule has 0 saturated carbocycles. The zero-order valence-electron chi connectivity index (χ0n) is 11.2. The molecule has 1 saturated heterocycles. The predicted octanol–water partition coefficient (Wildman–Crippen LogP) is 4.62. The number of carbonyl (C=O) groups is 1. The molecule has 0 radical (unpaired) electrons. The van der Waals surface area contributed by atoms with Crippen LogP contribution in [0, 0.1) is 0 Å². The van der Waals surface area contributed by atoms with Crippen LogP contribution in [0.2, 0.25) is 5.02 Å². The molecule has 2 aromatic carbocycles. The number of ether oxygens (including phenoxy) is 1. The van der Waals surface area contributed by atoms with Gasteiger partial charge in [0.1, 0.15) is 15.8 Å².